The van der Waals surface area contributed by atoms with Crippen LogP contribution in [0.2, 0.25) is 0 Å². The Morgan fingerprint density at radius 3 is 2.67 bits per heavy atom. The molecule has 2 nitrogen and oxygen atoms in total. The van der Waals surface area contributed by atoms with Gasteiger partial charge in [0, 0.05) is 0 Å². The maximum absolute atomic E-state index is 3.80. The first-order chi connectivity index (χ1) is 2.89. The van der Waals surface area contributed by atoms with Crippen LogP contribution in [0.25, 0.3) is 0 Å². The Kier molecular flexibility index (Phi) is 0.971. The number of nitrogens with zero attached hydrogens (tertiary/aromatic N) is 2. The molecule has 0 aliphatic rings. The Labute approximate surface area is 44.9 Å². The van der Waals surface area contributed by atoms with Crippen molar-refractivity contribution in [1.82, 2.24) is 8.47 Å². The Bertz CT molecular complexity index is 112. The summed E-state index contributed by atoms with van der Waals surface area (Å²) in [4.78, 5) is 3.80. The van der Waals surface area contributed by atoms with Gasteiger partial charge in [-0.1, -0.05) is 0 Å². The predicted octanol–water partition coefficient (Wildman–Crippen LogP) is -0.721. The Morgan fingerprint density at radius 2 is 2.50 bits per heavy atom. The fourth-order valence-corrected chi connectivity index (χ4v) is 0.592. The molecule has 0 aromatic carbocycles. The molecule has 0 bridgehead atoms. The summed E-state index contributed by atoms with van der Waals surface area (Å²) in [5.41, 5.74) is 0. The fraction of sp³-hybridized carbons (Fsp3) is 0. The molecule has 0 spiro atoms. The first-order valence-electron chi connectivity index (χ1n) is 1.62. The molecule has 1 aromatic rings. The van der Waals surface area contributed by atoms with Crippen molar-refractivity contribution in [1.29, 1.82) is 0 Å². The predicted molar refractivity (Wildman–Crippen MR) is 26.2 cm³/mol. The van der Waals surface area contributed by atoms with Crippen molar-refractivity contribution < 1.29 is 0 Å². The number of rotatable bonds is 0. The molecule has 1 heterocycles. The van der Waals surface area contributed by atoms with Crippen molar-refractivity contribution >= 4 is 17.1 Å². The van der Waals surface area contributed by atoms with Gasteiger partial charge in [-0.05, 0) is 0 Å². The van der Waals surface area contributed by atoms with Crippen molar-refractivity contribution in [3.63, 3.8) is 0 Å². The molecule has 1 atom stereocenters. The van der Waals surface area contributed by atoms with Gasteiger partial charge in [-0.2, -0.15) is 0 Å². The van der Waals surface area contributed by atoms with Crippen LogP contribution in [0.3, 0.4) is 0 Å². The molecular weight excluding hydrogens is 139 g/mol. The third kappa shape index (κ3) is 0.630. The zero-order valence-corrected chi connectivity index (χ0v) is 5.63. The molecular formula is C3H5AsN2. The summed E-state index contributed by atoms with van der Waals surface area (Å²) in [7, 11) is 0. The molecule has 0 radical (unpaired) electrons. The summed E-state index contributed by atoms with van der Waals surface area (Å²) in [5.74, 6) is 0. The molecule has 0 saturated heterocycles. The zero-order valence-electron chi connectivity index (χ0n) is 3.20. The van der Waals surface area contributed by atoms with E-state index < -0.39 is 0 Å². The Balaban J connectivity index is 3.05. The minimum atomic E-state index is 1.54. The van der Waals surface area contributed by atoms with Crippen molar-refractivity contribution in [2.45, 2.75) is 0 Å². The van der Waals surface area contributed by atoms with Crippen molar-refractivity contribution in [2.75, 3.05) is 0 Å². The molecule has 0 saturated carbocycles. The van der Waals surface area contributed by atoms with E-state index in [2.05, 4.69) is 4.98 Å². The van der Waals surface area contributed by atoms with E-state index in [-0.39, 0.29) is 0 Å². The van der Waals surface area contributed by atoms with E-state index in [9.17, 15) is 0 Å². The van der Waals surface area contributed by atoms with E-state index in [1.165, 1.54) is 17.1 Å². The minimum absolute atomic E-state index is 1.54. The van der Waals surface area contributed by atoms with Gasteiger partial charge in [-0.25, -0.2) is 0 Å². The molecule has 1 unspecified atom stereocenters. The summed E-state index contributed by atoms with van der Waals surface area (Å²) in [6, 6.07) is 0. The molecule has 1 aromatic heterocycles. The van der Waals surface area contributed by atoms with Gasteiger partial charge in [0.05, 0.1) is 0 Å². The monoisotopic (exact) mass is 144 g/mol. The van der Waals surface area contributed by atoms with Crippen LogP contribution in [-0.4, -0.2) is 25.5 Å². The molecule has 0 fully saturated rings. The van der Waals surface area contributed by atoms with Gasteiger partial charge < -0.3 is 0 Å². The molecule has 0 amide bonds. The molecule has 0 N–H and O–H groups in total. The topological polar surface area (TPSA) is 17.8 Å². The fourth-order valence-electron chi connectivity index (χ4n) is 0.269. The van der Waals surface area contributed by atoms with Crippen LogP contribution in [-0.2, 0) is 0 Å². The quantitative estimate of drug-likeness (QED) is 0.439. The van der Waals surface area contributed by atoms with E-state index in [0.29, 0.717) is 0 Å². The Morgan fingerprint density at radius 1 is 1.67 bits per heavy atom. The van der Waals surface area contributed by atoms with Crippen LogP contribution in [0, 0.1) is 0 Å². The van der Waals surface area contributed by atoms with Gasteiger partial charge in [0.25, 0.3) is 0 Å². The molecule has 0 aliphatic heterocycles. The van der Waals surface area contributed by atoms with E-state index in [1.54, 1.807) is 12.5 Å². The van der Waals surface area contributed by atoms with Crippen LogP contribution in [0.5, 0.6) is 0 Å². The molecule has 32 valence electrons. The number of imidazole rings is 1. The van der Waals surface area contributed by atoms with Crippen LogP contribution in [0.1, 0.15) is 0 Å². The summed E-state index contributed by atoms with van der Waals surface area (Å²) in [5, 5.41) is 0. The Hall–Kier alpha value is -0.232. The van der Waals surface area contributed by atoms with Gasteiger partial charge in [0.2, 0.25) is 0 Å². The van der Waals surface area contributed by atoms with E-state index >= 15 is 0 Å². The van der Waals surface area contributed by atoms with Crippen LogP contribution in [0.4, 0.5) is 0 Å². The van der Waals surface area contributed by atoms with E-state index in [1.807, 2.05) is 9.68 Å². The second-order valence-corrected chi connectivity index (χ2v) is 2.26. The summed E-state index contributed by atoms with van der Waals surface area (Å²) in [6.07, 6.45) is 5.46. The number of aromatic nitrogens is 2. The van der Waals surface area contributed by atoms with Gasteiger partial charge in [-0.3, -0.25) is 0 Å². The average molecular weight is 144 g/mol. The normalized spacial score (nSPS) is 8.83. The van der Waals surface area contributed by atoms with Crippen molar-refractivity contribution in [3.05, 3.63) is 18.7 Å². The van der Waals surface area contributed by atoms with Crippen LogP contribution >= 0.6 is 0 Å². The van der Waals surface area contributed by atoms with E-state index in [0.717, 1.165) is 0 Å². The SMILES string of the molecule is [AsH2]n1ccnc1. The number of hydrogen-bond donors (Lipinski definition) is 0. The first-order valence-corrected chi connectivity index (χ1v) is 2.71. The van der Waals surface area contributed by atoms with Gasteiger partial charge in [0.1, 0.15) is 0 Å². The van der Waals surface area contributed by atoms with Crippen LogP contribution in [0.15, 0.2) is 18.7 Å². The molecule has 6 heavy (non-hydrogen) atoms. The third-order valence-electron chi connectivity index (χ3n) is 0.525. The van der Waals surface area contributed by atoms with Gasteiger partial charge >= 0.3 is 44.3 Å². The maximum atomic E-state index is 3.80. The van der Waals surface area contributed by atoms with E-state index in [4.69, 9.17) is 0 Å². The molecule has 3 heteroatoms. The van der Waals surface area contributed by atoms with Crippen molar-refractivity contribution in [3.8, 4) is 0 Å². The van der Waals surface area contributed by atoms with Crippen LogP contribution < -0.4 is 0 Å². The molecule has 0 aliphatic carbocycles. The standard InChI is InChI=1S/C3H5AsN2/c4-6-2-1-5-3-6/h1-3H,4H2. The zero-order chi connectivity index (χ0) is 4.41. The average Bonchev–Trinajstić information content (AvgIpc) is 1.86. The summed E-state index contributed by atoms with van der Waals surface area (Å²) in [6.45, 7) is 0. The van der Waals surface area contributed by atoms with Crippen molar-refractivity contribution in [2.24, 2.45) is 0 Å². The summed E-state index contributed by atoms with van der Waals surface area (Å²) >= 11 is 1.54. The van der Waals surface area contributed by atoms with Gasteiger partial charge in [0.15, 0.2) is 0 Å². The third-order valence-corrected chi connectivity index (χ3v) is 1.17. The summed E-state index contributed by atoms with van der Waals surface area (Å²) < 4.78 is 1.95. The number of hydrogen-bond acceptors (Lipinski definition) is 1. The second kappa shape index (κ2) is 1.48. The molecule has 1 rings (SSSR count). The second-order valence-electron chi connectivity index (χ2n) is 1.01. The van der Waals surface area contributed by atoms with Gasteiger partial charge in [-0.15, -0.1) is 0 Å². The first kappa shape index (κ1) is 3.94.